The van der Waals surface area contributed by atoms with Gasteiger partial charge in [-0.15, -0.1) is 24.8 Å². The molecule has 0 bridgehead atoms. The molecule has 30 heavy (non-hydrogen) atoms. The predicted octanol–water partition coefficient (Wildman–Crippen LogP) is 3.10. The highest BCUT2D eigenvalue weighted by atomic mass is 35.5. The predicted molar refractivity (Wildman–Crippen MR) is 123 cm³/mol. The van der Waals surface area contributed by atoms with Crippen molar-refractivity contribution in [3.8, 4) is 17.2 Å². The zero-order valence-corrected chi connectivity index (χ0v) is 19.1. The molecule has 0 radical (unpaired) electrons. The molecule has 2 aromatic carbocycles. The SMILES string of the molecule is COc1cc(CN2CCN(C(=O)c3ccccc3N)CC2)cc(OC)c1OC.Cl.Cl. The largest absolute Gasteiger partial charge is 0.493 e. The normalized spacial score (nSPS) is 13.6. The summed E-state index contributed by atoms with van der Waals surface area (Å²) in [6.45, 7) is 3.64. The fourth-order valence-electron chi connectivity index (χ4n) is 3.46. The summed E-state index contributed by atoms with van der Waals surface area (Å²) in [4.78, 5) is 16.9. The van der Waals surface area contributed by atoms with E-state index in [1.54, 1.807) is 33.5 Å². The molecule has 2 aromatic rings. The van der Waals surface area contributed by atoms with Gasteiger partial charge in [-0.25, -0.2) is 0 Å². The first kappa shape index (κ1) is 25.7. The highest BCUT2D eigenvalue weighted by molar-refractivity contribution is 5.99. The van der Waals surface area contributed by atoms with E-state index in [9.17, 15) is 4.79 Å². The van der Waals surface area contributed by atoms with Crippen LogP contribution in [0.5, 0.6) is 17.2 Å². The number of rotatable bonds is 6. The Kier molecular flexibility index (Phi) is 10.0. The fourth-order valence-corrected chi connectivity index (χ4v) is 3.46. The van der Waals surface area contributed by atoms with Crippen molar-refractivity contribution in [3.63, 3.8) is 0 Å². The Morgan fingerprint density at radius 1 is 0.933 bits per heavy atom. The van der Waals surface area contributed by atoms with Crippen LogP contribution in [-0.4, -0.2) is 63.2 Å². The fraction of sp³-hybridized carbons (Fsp3) is 0.381. The van der Waals surface area contributed by atoms with Crippen molar-refractivity contribution in [2.24, 2.45) is 0 Å². The molecule has 1 heterocycles. The van der Waals surface area contributed by atoms with Crippen LogP contribution < -0.4 is 19.9 Å². The lowest BCUT2D eigenvalue weighted by Crippen LogP contribution is -2.48. The number of nitrogens with zero attached hydrogens (tertiary/aromatic N) is 2. The molecule has 1 aliphatic heterocycles. The Morgan fingerprint density at radius 3 is 2.00 bits per heavy atom. The molecule has 0 aromatic heterocycles. The van der Waals surface area contributed by atoms with Crippen molar-refractivity contribution in [2.75, 3.05) is 53.2 Å². The van der Waals surface area contributed by atoms with Gasteiger partial charge in [0.1, 0.15) is 0 Å². The third-order valence-electron chi connectivity index (χ3n) is 4.98. The third kappa shape index (κ3) is 5.62. The van der Waals surface area contributed by atoms with Crippen LogP contribution in [0.25, 0.3) is 0 Å². The van der Waals surface area contributed by atoms with Crippen LogP contribution in [0.2, 0.25) is 0 Å². The first-order valence-electron chi connectivity index (χ1n) is 9.22. The van der Waals surface area contributed by atoms with Gasteiger partial charge in [0.25, 0.3) is 5.91 Å². The molecule has 0 unspecified atom stereocenters. The van der Waals surface area contributed by atoms with Crippen molar-refractivity contribution in [1.82, 2.24) is 9.80 Å². The van der Waals surface area contributed by atoms with Gasteiger partial charge in [0.2, 0.25) is 5.75 Å². The Hall–Kier alpha value is -2.35. The number of ether oxygens (including phenoxy) is 3. The van der Waals surface area contributed by atoms with E-state index in [1.165, 1.54) is 0 Å². The molecule has 7 nitrogen and oxygen atoms in total. The number of methoxy groups -OCH3 is 3. The lowest BCUT2D eigenvalue weighted by Gasteiger charge is -2.35. The Morgan fingerprint density at radius 2 is 1.50 bits per heavy atom. The topological polar surface area (TPSA) is 77.3 Å². The summed E-state index contributed by atoms with van der Waals surface area (Å²) in [5.74, 6) is 1.87. The molecule has 0 spiro atoms. The summed E-state index contributed by atoms with van der Waals surface area (Å²) in [6, 6.07) is 11.1. The molecule has 2 N–H and O–H groups in total. The number of nitrogens with two attached hydrogens (primary N) is 1. The Labute approximate surface area is 189 Å². The highest BCUT2D eigenvalue weighted by Gasteiger charge is 2.24. The van der Waals surface area contributed by atoms with Gasteiger partial charge in [-0.1, -0.05) is 12.1 Å². The molecule has 166 valence electrons. The molecule has 0 atom stereocenters. The van der Waals surface area contributed by atoms with Crippen LogP contribution in [0.15, 0.2) is 36.4 Å². The number of benzene rings is 2. The molecule has 1 saturated heterocycles. The minimum absolute atomic E-state index is 0. The minimum atomic E-state index is -0.00876. The molecule has 1 aliphatic rings. The van der Waals surface area contributed by atoms with Gasteiger partial charge in [-0.2, -0.15) is 0 Å². The summed E-state index contributed by atoms with van der Waals surface area (Å²) < 4.78 is 16.2. The molecule has 3 rings (SSSR count). The summed E-state index contributed by atoms with van der Waals surface area (Å²) in [7, 11) is 4.82. The van der Waals surface area contributed by atoms with E-state index in [0.717, 1.165) is 25.2 Å². The summed E-state index contributed by atoms with van der Waals surface area (Å²) in [6.07, 6.45) is 0. The first-order chi connectivity index (χ1) is 13.6. The summed E-state index contributed by atoms with van der Waals surface area (Å²) >= 11 is 0. The second kappa shape index (κ2) is 11.7. The molecule has 0 saturated carbocycles. The Balaban J connectivity index is 0.00000225. The number of para-hydroxylation sites is 1. The van der Waals surface area contributed by atoms with Crippen LogP contribution in [0.3, 0.4) is 0 Å². The molecular formula is C21H29Cl2N3O4. The zero-order valence-electron chi connectivity index (χ0n) is 17.4. The highest BCUT2D eigenvalue weighted by Crippen LogP contribution is 2.38. The lowest BCUT2D eigenvalue weighted by molar-refractivity contribution is 0.0629. The Bertz CT molecular complexity index is 818. The number of amides is 1. The number of halogens is 2. The molecular weight excluding hydrogens is 429 g/mol. The summed E-state index contributed by atoms with van der Waals surface area (Å²) in [5.41, 5.74) is 8.11. The van der Waals surface area contributed by atoms with Crippen molar-refractivity contribution >= 4 is 36.4 Å². The molecule has 1 amide bonds. The first-order valence-corrected chi connectivity index (χ1v) is 9.22. The molecule has 0 aliphatic carbocycles. The maximum Gasteiger partial charge on any atom is 0.256 e. The maximum atomic E-state index is 12.7. The van der Waals surface area contributed by atoms with Gasteiger partial charge in [0.05, 0.1) is 26.9 Å². The second-order valence-electron chi connectivity index (χ2n) is 6.69. The number of carbonyl (C=O) groups excluding carboxylic acids is 1. The van der Waals surface area contributed by atoms with Crippen LogP contribution in [0.4, 0.5) is 5.69 Å². The van der Waals surface area contributed by atoms with Gasteiger partial charge in [-0.3, -0.25) is 9.69 Å². The van der Waals surface area contributed by atoms with Gasteiger partial charge in [-0.05, 0) is 29.8 Å². The van der Waals surface area contributed by atoms with Crippen LogP contribution >= 0.6 is 24.8 Å². The monoisotopic (exact) mass is 457 g/mol. The minimum Gasteiger partial charge on any atom is -0.493 e. The van der Waals surface area contributed by atoms with E-state index >= 15 is 0 Å². The number of nitrogen functional groups attached to an aromatic ring is 1. The van der Waals surface area contributed by atoms with Gasteiger partial charge >= 0.3 is 0 Å². The third-order valence-corrected chi connectivity index (χ3v) is 4.98. The number of piperazine rings is 1. The van der Waals surface area contributed by atoms with Gasteiger partial charge < -0.3 is 24.8 Å². The van der Waals surface area contributed by atoms with E-state index in [2.05, 4.69) is 4.90 Å². The van der Waals surface area contributed by atoms with Crippen LogP contribution in [0.1, 0.15) is 15.9 Å². The molecule has 9 heteroatoms. The number of carbonyl (C=O) groups is 1. The van der Waals surface area contributed by atoms with E-state index in [-0.39, 0.29) is 30.7 Å². The maximum absolute atomic E-state index is 12.7. The van der Waals surface area contributed by atoms with E-state index in [4.69, 9.17) is 19.9 Å². The van der Waals surface area contributed by atoms with E-state index in [1.807, 2.05) is 29.2 Å². The smallest absolute Gasteiger partial charge is 0.256 e. The zero-order chi connectivity index (χ0) is 20.1. The number of hydrogen-bond acceptors (Lipinski definition) is 6. The standard InChI is InChI=1S/C21H27N3O4.2ClH/c1-26-18-12-15(13-19(27-2)20(18)28-3)14-23-8-10-24(11-9-23)21(25)16-6-4-5-7-17(16)22;;/h4-7,12-13H,8-11,14,22H2,1-3H3;2*1H. The van der Waals surface area contributed by atoms with Crippen LogP contribution in [0, 0.1) is 0 Å². The number of anilines is 1. The van der Waals surface area contributed by atoms with Crippen molar-refractivity contribution in [3.05, 3.63) is 47.5 Å². The quantitative estimate of drug-likeness (QED) is 0.671. The van der Waals surface area contributed by atoms with Crippen molar-refractivity contribution in [1.29, 1.82) is 0 Å². The van der Waals surface area contributed by atoms with E-state index in [0.29, 0.717) is 41.6 Å². The lowest BCUT2D eigenvalue weighted by atomic mass is 10.1. The second-order valence-corrected chi connectivity index (χ2v) is 6.69. The molecule has 1 fully saturated rings. The van der Waals surface area contributed by atoms with Gasteiger partial charge in [0, 0.05) is 38.4 Å². The number of hydrogen-bond donors (Lipinski definition) is 1. The van der Waals surface area contributed by atoms with E-state index < -0.39 is 0 Å². The summed E-state index contributed by atoms with van der Waals surface area (Å²) in [5, 5.41) is 0. The average molecular weight is 458 g/mol. The van der Waals surface area contributed by atoms with Crippen molar-refractivity contribution < 1.29 is 19.0 Å². The van der Waals surface area contributed by atoms with Crippen molar-refractivity contribution in [2.45, 2.75) is 6.54 Å². The van der Waals surface area contributed by atoms with Crippen LogP contribution in [-0.2, 0) is 6.54 Å². The van der Waals surface area contributed by atoms with Gasteiger partial charge in [0.15, 0.2) is 11.5 Å². The average Bonchev–Trinajstić information content (AvgIpc) is 2.73.